The van der Waals surface area contributed by atoms with Gasteiger partial charge in [0.15, 0.2) is 21.3 Å². The SMILES string of the molecule is CNC(=O)/C=C1/C(=O)N2C1S(=O)(=O)C(C)(C)[C@@H]2C(=O)O. The largest absolute Gasteiger partial charge is 0.480 e. The molecule has 2 saturated heterocycles. The molecule has 2 fully saturated rings. The number of likely N-dealkylation sites (N-methyl/N-ethyl adjacent to an activating group) is 1. The van der Waals surface area contributed by atoms with Gasteiger partial charge in [-0.2, -0.15) is 0 Å². The van der Waals surface area contributed by atoms with E-state index in [1.165, 1.54) is 20.9 Å². The predicted molar refractivity (Wildman–Crippen MR) is 67.2 cm³/mol. The molecule has 2 aliphatic heterocycles. The van der Waals surface area contributed by atoms with Crippen molar-refractivity contribution >= 4 is 27.6 Å². The molecule has 110 valence electrons. The first-order valence-corrected chi connectivity index (χ1v) is 7.34. The van der Waals surface area contributed by atoms with Gasteiger partial charge in [-0.3, -0.25) is 9.59 Å². The fraction of sp³-hybridized carbons (Fsp3) is 0.545. The Morgan fingerprint density at radius 2 is 1.95 bits per heavy atom. The minimum Gasteiger partial charge on any atom is -0.480 e. The first-order chi connectivity index (χ1) is 9.07. The van der Waals surface area contributed by atoms with Gasteiger partial charge < -0.3 is 15.3 Å². The normalized spacial score (nSPS) is 31.6. The highest BCUT2D eigenvalue weighted by Crippen LogP contribution is 2.48. The van der Waals surface area contributed by atoms with Gasteiger partial charge in [0.05, 0.1) is 5.57 Å². The molecule has 2 heterocycles. The second-order valence-corrected chi connectivity index (χ2v) is 7.76. The summed E-state index contributed by atoms with van der Waals surface area (Å²) in [6.45, 7) is 2.54. The van der Waals surface area contributed by atoms with E-state index >= 15 is 0 Å². The number of carbonyl (C=O) groups is 3. The number of amides is 2. The smallest absolute Gasteiger partial charge is 0.328 e. The Balaban J connectivity index is 2.56. The molecule has 1 unspecified atom stereocenters. The number of hydrogen-bond donors (Lipinski definition) is 2. The zero-order valence-electron chi connectivity index (χ0n) is 11.1. The minimum absolute atomic E-state index is 0.193. The number of sulfone groups is 1. The number of carboxylic acids is 1. The maximum Gasteiger partial charge on any atom is 0.328 e. The maximum atomic E-state index is 12.4. The highest BCUT2D eigenvalue weighted by Gasteiger charge is 2.70. The second-order valence-electron chi connectivity index (χ2n) is 5.17. The average molecular weight is 302 g/mol. The molecular weight excluding hydrogens is 288 g/mol. The van der Waals surface area contributed by atoms with E-state index in [-0.39, 0.29) is 5.57 Å². The zero-order chi connectivity index (χ0) is 15.5. The fourth-order valence-electron chi connectivity index (χ4n) is 2.56. The van der Waals surface area contributed by atoms with Gasteiger partial charge >= 0.3 is 5.97 Å². The van der Waals surface area contributed by atoms with Gasteiger partial charge in [0, 0.05) is 13.1 Å². The van der Waals surface area contributed by atoms with Crippen LogP contribution in [0.15, 0.2) is 11.6 Å². The van der Waals surface area contributed by atoms with Crippen molar-refractivity contribution in [1.29, 1.82) is 0 Å². The summed E-state index contributed by atoms with van der Waals surface area (Å²) >= 11 is 0. The molecule has 0 bridgehead atoms. The van der Waals surface area contributed by atoms with Gasteiger partial charge in [0.1, 0.15) is 4.75 Å². The van der Waals surface area contributed by atoms with E-state index in [2.05, 4.69) is 5.32 Å². The quantitative estimate of drug-likeness (QED) is 0.472. The molecule has 2 rings (SSSR count). The summed E-state index contributed by atoms with van der Waals surface area (Å²) in [5.41, 5.74) is -0.193. The molecule has 20 heavy (non-hydrogen) atoms. The Morgan fingerprint density at radius 3 is 2.40 bits per heavy atom. The lowest BCUT2D eigenvalue weighted by molar-refractivity contribution is -0.152. The van der Waals surface area contributed by atoms with Crippen LogP contribution in [0.3, 0.4) is 0 Å². The van der Waals surface area contributed by atoms with Crippen LogP contribution in [-0.2, 0) is 24.2 Å². The van der Waals surface area contributed by atoms with Crippen LogP contribution in [0.5, 0.6) is 0 Å². The molecule has 2 N–H and O–H groups in total. The summed E-state index contributed by atoms with van der Waals surface area (Å²) in [4.78, 5) is 35.3. The summed E-state index contributed by atoms with van der Waals surface area (Å²) in [6.07, 6.45) is 0.904. The maximum absolute atomic E-state index is 12.4. The lowest BCUT2D eigenvalue weighted by atomic mass is 9.95. The van der Waals surface area contributed by atoms with E-state index in [1.54, 1.807) is 0 Å². The summed E-state index contributed by atoms with van der Waals surface area (Å²) in [6, 6.07) is -1.45. The number of carbonyl (C=O) groups excluding carboxylic acids is 2. The summed E-state index contributed by atoms with van der Waals surface area (Å²) in [5, 5.41) is 10.1. The van der Waals surface area contributed by atoms with Crippen molar-refractivity contribution in [3.8, 4) is 0 Å². The number of nitrogens with one attached hydrogen (secondary N) is 1. The monoisotopic (exact) mass is 302 g/mol. The van der Waals surface area contributed by atoms with Crippen LogP contribution in [0.4, 0.5) is 0 Å². The Hall–Kier alpha value is -1.90. The van der Waals surface area contributed by atoms with Crippen LogP contribution in [0.25, 0.3) is 0 Å². The number of hydrogen-bond acceptors (Lipinski definition) is 5. The van der Waals surface area contributed by atoms with Crippen molar-refractivity contribution in [2.45, 2.75) is 30.0 Å². The molecule has 9 heteroatoms. The van der Waals surface area contributed by atoms with E-state index in [4.69, 9.17) is 0 Å². The van der Waals surface area contributed by atoms with Crippen molar-refractivity contribution < 1.29 is 27.9 Å². The standard InChI is InChI=1S/C11H14N2O6S/c1-11(2)7(10(16)17)13-8(15)5(4-6(14)12-3)9(13)20(11,18)19/h4,7,9H,1-3H3,(H,12,14)(H,16,17)/b5-4-/t7-,9?/m0/s1. The highest BCUT2D eigenvalue weighted by atomic mass is 32.2. The highest BCUT2D eigenvalue weighted by molar-refractivity contribution is 7.94. The van der Waals surface area contributed by atoms with Crippen molar-refractivity contribution in [2.75, 3.05) is 7.05 Å². The van der Waals surface area contributed by atoms with Gasteiger partial charge in [0.2, 0.25) is 5.91 Å². The Morgan fingerprint density at radius 1 is 1.40 bits per heavy atom. The van der Waals surface area contributed by atoms with Crippen molar-refractivity contribution in [3.05, 3.63) is 11.6 Å². The van der Waals surface area contributed by atoms with Crippen LogP contribution in [0.2, 0.25) is 0 Å². The third-order valence-electron chi connectivity index (χ3n) is 3.73. The van der Waals surface area contributed by atoms with E-state index in [9.17, 15) is 27.9 Å². The first kappa shape index (κ1) is 14.5. The lowest BCUT2D eigenvalue weighted by Crippen LogP contribution is -2.59. The average Bonchev–Trinajstić information content (AvgIpc) is 2.48. The molecule has 0 aromatic rings. The Labute approximate surface area is 115 Å². The van der Waals surface area contributed by atoms with Gasteiger partial charge in [-0.25, -0.2) is 13.2 Å². The van der Waals surface area contributed by atoms with Gasteiger partial charge in [-0.15, -0.1) is 0 Å². The van der Waals surface area contributed by atoms with Crippen LogP contribution in [0, 0.1) is 0 Å². The number of rotatable bonds is 2. The number of aliphatic carboxylic acids is 1. The van der Waals surface area contributed by atoms with Crippen molar-refractivity contribution in [1.82, 2.24) is 10.2 Å². The summed E-state index contributed by atoms with van der Waals surface area (Å²) in [5.74, 6) is -2.73. The second kappa shape index (κ2) is 4.05. The van der Waals surface area contributed by atoms with E-state index in [0.29, 0.717) is 0 Å². The van der Waals surface area contributed by atoms with Crippen molar-refractivity contribution in [3.63, 3.8) is 0 Å². The van der Waals surface area contributed by atoms with Crippen LogP contribution in [0.1, 0.15) is 13.8 Å². The zero-order valence-corrected chi connectivity index (χ0v) is 11.9. The number of nitrogens with zero attached hydrogens (tertiary/aromatic N) is 1. The first-order valence-electron chi connectivity index (χ1n) is 5.79. The topological polar surface area (TPSA) is 121 Å². The fourth-order valence-corrected chi connectivity index (χ4v) is 4.68. The van der Waals surface area contributed by atoms with E-state index in [1.807, 2.05) is 0 Å². The molecule has 0 radical (unpaired) electrons. The molecule has 0 aromatic heterocycles. The molecule has 2 atom stereocenters. The molecule has 2 amide bonds. The van der Waals surface area contributed by atoms with Gasteiger partial charge in [0.25, 0.3) is 5.91 Å². The summed E-state index contributed by atoms with van der Waals surface area (Å²) < 4.78 is 23.2. The molecular formula is C11H14N2O6S. The van der Waals surface area contributed by atoms with E-state index < -0.39 is 43.8 Å². The Kier molecular flexibility index (Phi) is 2.93. The Bertz CT molecular complexity index is 648. The van der Waals surface area contributed by atoms with E-state index in [0.717, 1.165) is 11.0 Å². The number of β-lactam (4-membered cyclic amide) rings is 1. The molecule has 0 saturated carbocycles. The third kappa shape index (κ3) is 1.52. The third-order valence-corrected chi connectivity index (χ3v) is 6.49. The van der Waals surface area contributed by atoms with Gasteiger partial charge in [-0.1, -0.05) is 0 Å². The molecule has 8 nitrogen and oxygen atoms in total. The number of carboxylic acid groups (broad SMARTS) is 1. The summed E-state index contributed by atoms with van der Waals surface area (Å²) in [7, 11) is -2.58. The van der Waals surface area contributed by atoms with Crippen LogP contribution >= 0.6 is 0 Å². The lowest BCUT2D eigenvalue weighted by Gasteiger charge is -2.37. The van der Waals surface area contributed by atoms with Crippen molar-refractivity contribution in [2.24, 2.45) is 0 Å². The van der Waals surface area contributed by atoms with Crippen LogP contribution in [-0.4, -0.2) is 59.4 Å². The molecule has 0 aliphatic carbocycles. The molecule has 0 spiro atoms. The molecule has 2 aliphatic rings. The van der Waals surface area contributed by atoms with Crippen LogP contribution < -0.4 is 5.32 Å². The van der Waals surface area contributed by atoms with Gasteiger partial charge in [-0.05, 0) is 13.8 Å². The predicted octanol–water partition coefficient (Wildman–Crippen LogP) is -1.51. The number of fused-ring (bicyclic) bond motifs is 1. The molecule has 0 aromatic carbocycles. The minimum atomic E-state index is -3.92.